The van der Waals surface area contributed by atoms with Crippen LogP contribution in [0.4, 0.5) is 0 Å². The second-order valence-electron chi connectivity index (χ2n) is 1.86. The van der Waals surface area contributed by atoms with Crippen molar-refractivity contribution < 1.29 is 4.65 Å². The van der Waals surface area contributed by atoms with Gasteiger partial charge < -0.3 is 0 Å². The summed E-state index contributed by atoms with van der Waals surface area (Å²) in [4.78, 5) is 0. The van der Waals surface area contributed by atoms with Crippen LogP contribution in [0.15, 0.2) is 0 Å². The van der Waals surface area contributed by atoms with Crippen molar-refractivity contribution in [1.29, 1.82) is 0 Å². The van der Waals surface area contributed by atoms with E-state index >= 15 is 0 Å². The Morgan fingerprint density at radius 1 is 0.909 bits per heavy atom. The summed E-state index contributed by atoms with van der Waals surface area (Å²) in [6, 6.07) is 0. The molecule has 0 saturated carbocycles. The Bertz CT molecular complexity index is 178. The third-order valence-electron chi connectivity index (χ3n) is 0.963. The molecule has 0 saturated heterocycles. The van der Waals surface area contributed by atoms with E-state index in [9.17, 15) is 0 Å². The number of hydrogen-bond acceptors (Lipinski definition) is 1. The van der Waals surface area contributed by atoms with Gasteiger partial charge in [-0.15, -0.1) is 0 Å². The Morgan fingerprint density at radius 3 is 2.00 bits per heavy atom. The average molecular weight is 130 g/mol. The average Bonchev–Trinajstić information content (AvgIpc) is 2.03. The summed E-state index contributed by atoms with van der Waals surface area (Å²) >= 11 is 0. The van der Waals surface area contributed by atoms with Crippen molar-refractivity contribution in [2.75, 3.05) is 7.11 Å². The first-order valence-electron chi connectivity index (χ1n) is 3.55. The summed E-state index contributed by atoms with van der Waals surface area (Å²) in [5.41, 5.74) is 0. The SMILES string of the molecule is BB=BB=BB=BB=BOC. The van der Waals surface area contributed by atoms with Gasteiger partial charge in [0.1, 0.15) is 0 Å². The van der Waals surface area contributed by atoms with Crippen LogP contribution in [0.5, 0.6) is 0 Å². The van der Waals surface area contributed by atoms with Crippen LogP contribution in [0.3, 0.4) is 0 Å². The van der Waals surface area contributed by atoms with Crippen molar-refractivity contribution in [3.05, 3.63) is 0 Å². The molecule has 0 spiro atoms. The molecule has 0 aliphatic carbocycles. The van der Waals surface area contributed by atoms with Crippen molar-refractivity contribution in [2.24, 2.45) is 0 Å². The molecule has 0 rings (SSSR count). The maximum absolute atomic E-state index is 4.70. The third kappa shape index (κ3) is 10.4. The summed E-state index contributed by atoms with van der Waals surface area (Å²) < 4.78 is 4.70. The van der Waals surface area contributed by atoms with Gasteiger partial charge in [0.2, 0.25) is 0 Å². The summed E-state index contributed by atoms with van der Waals surface area (Å²) in [5.74, 6) is 0. The molecule has 0 aromatic heterocycles. The molecule has 11 heavy (non-hydrogen) atoms. The summed E-state index contributed by atoms with van der Waals surface area (Å²) in [6.07, 6.45) is 0. The van der Waals surface area contributed by atoms with E-state index in [0.29, 0.717) is 0 Å². The molecular weight excluding hydrogens is 125 g/mol. The fourth-order valence-corrected chi connectivity index (χ4v) is 0.492. The molecule has 0 atom stereocenters. The van der Waals surface area contributed by atoms with Gasteiger partial charge in [0.25, 0.3) is 0 Å². The maximum atomic E-state index is 4.70. The Balaban J connectivity index is 3.51. The van der Waals surface area contributed by atoms with Gasteiger partial charge in [0.05, 0.1) is 0 Å². The van der Waals surface area contributed by atoms with Gasteiger partial charge in [-0.1, -0.05) is 0 Å². The molecule has 0 aromatic carbocycles. The monoisotopic (exact) mass is 132 g/mol. The van der Waals surface area contributed by atoms with Crippen molar-refractivity contribution >= 4 is 61.6 Å². The molecule has 0 bridgehead atoms. The van der Waals surface area contributed by atoms with Crippen LogP contribution in [-0.2, 0) is 4.65 Å². The van der Waals surface area contributed by atoms with E-state index in [-0.39, 0.29) is 0 Å². The van der Waals surface area contributed by atoms with Gasteiger partial charge in [-0.25, -0.2) is 0 Å². The fraction of sp³-hybridized carbons (Fsp3) is 1.00. The molecule has 0 unspecified atom stereocenters. The van der Waals surface area contributed by atoms with Gasteiger partial charge in [-0.05, 0) is 0 Å². The topological polar surface area (TPSA) is 9.23 Å². The molecule has 0 N–H and O–H groups in total. The molecule has 0 amide bonds. The van der Waals surface area contributed by atoms with Crippen LogP contribution in [0.1, 0.15) is 0 Å². The van der Waals surface area contributed by atoms with Gasteiger partial charge in [-0.3, -0.25) is 0 Å². The van der Waals surface area contributed by atoms with Crippen LogP contribution in [0.25, 0.3) is 0 Å². The molecule has 0 radical (unpaired) electrons. The number of rotatable bonds is 4. The predicted octanol–water partition coefficient (Wildman–Crippen LogP) is -3.87. The molecule has 10 heteroatoms. The van der Waals surface area contributed by atoms with Gasteiger partial charge in [0, 0.05) is 0 Å². The van der Waals surface area contributed by atoms with Crippen LogP contribution < -0.4 is 0 Å². The quantitative estimate of drug-likeness (QED) is 0.354. The van der Waals surface area contributed by atoms with E-state index in [0.717, 1.165) is 0 Å². The zero-order valence-corrected chi connectivity index (χ0v) is 7.03. The van der Waals surface area contributed by atoms with Crippen molar-refractivity contribution in [3.63, 3.8) is 0 Å². The molecule has 0 aliphatic rings. The Hall–Kier alpha value is 0.384. The van der Waals surface area contributed by atoms with E-state index in [1.807, 2.05) is 54.6 Å². The van der Waals surface area contributed by atoms with Crippen molar-refractivity contribution in [3.8, 4) is 0 Å². The second kappa shape index (κ2) is 10.4. The van der Waals surface area contributed by atoms with E-state index in [1.165, 1.54) is 0 Å². The van der Waals surface area contributed by atoms with E-state index in [4.69, 9.17) is 4.65 Å². The minimum absolute atomic E-state index is 1.62. The zero-order chi connectivity index (χ0) is 8.36. The van der Waals surface area contributed by atoms with E-state index < -0.39 is 0 Å². The molecule has 0 aromatic rings. The van der Waals surface area contributed by atoms with E-state index in [2.05, 4.69) is 0 Å². The Morgan fingerprint density at radius 2 is 1.45 bits per heavy atom. The first kappa shape index (κ1) is 11.4. The van der Waals surface area contributed by atoms with Crippen molar-refractivity contribution in [1.82, 2.24) is 0 Å². The minimum atomic E-state index is 1.62. The van der Waals surface area contributed by atoms with Crippen molar-refractivity contribution in [2.45, 2.75) is 0 Å². The summed E-state index contributed by atoms with van der Waals surface area (Å²) in [5, 5.41) is 0. The summed E-state index contributed by atoms with van der Waals surface area (Å²) in [6.45, 7) is 13.6. The first-order valence-corrected chi connectivity index (χ1v) is 3.55. The molecule has 1 nitrogen and oxygen atoms in total. The molecular formula is CH5B9O. The Labute approximate surface area is 73.9 Å². The fourth-order valence-electron chi connectivity index (χ4n) is 0.492. The van der Waals surface area contributed by atoms with Gasteiger partial charge in [-0.2, -0.15) is 0 Å². The standard InChI is InChI=1S/CH5B9O/c1-11-10-9-8-7-6-5-4-3-2/h2H2,1H3. The van der Waals surface area contributed by atoms with Crippen LogP contribution in [0, 0.1) is 0 Å². The third-order valence-corrected chi connectivity index (χ3v) is 0.963. The van der Waals surface area contributed by atoms with Crippen LogP contribution in [-0.4, -0.2) is 68.7 Å². The summed E-state index contributed by atoms with van der Waals surface area (Å²) in [7, 11) is 5.24. The van der Waals surface area contributed by atoms with Gasteiger partial charge >= 0.3 is 73.4 Å². The molecule has 42 valence electrons. The van der Waals surface area contributed by atoms with E-state index in [1.54, 1.807) is 14.1 Å². The van der Waals surface area contributed by atoms with Crippen LogP contribution in [0.2, 0.25) is 0 Å². The molecule has 0 fully saturated rings. The van der Waals surface area contributed by atoms with Crippen LogP contribution >= 0.6 is 0 Å². The predicted molar refractivity (Wildman–Crippen MR) is 61.6 cm³/mol. The second-order valence-corrected chi connectivity index (χ2v) is 1.86. The zero-order valence-electron chi connectivity index (χ0n) is 7.03. The molecule has 0 heterocycles. The number of hydrogen-bond donors (Lipinski definition) is 0. The van der Waals surface area contributed by atoms with Gasteiger partial charge in [0.15, 0.2) is 0 Å². The Kier molecular flexibility index (Phi) is 10.7. The molecule has 0 aliphatic heterocycles. The normalized spacial score (nSPS) is 7.00. The first-order chi connectivity index (χ1) is 5.41.